The minimum absolute atomic E-state index is 0.0580. The average molecular weight is 325 g/mol. The number of amides is 1. The molecule has 0 fully saturated rings. The van der Waals surface area contributed by atoms with Gasteiger partial charge in [0.25, 0.3) is 5.91 Å². The van der Waals surface area contributed by atoms with E-state index in [4.69, 9.17) is 10.5 Å². The van der Waals surface area contributed by atoms with Crippen LogP contribution in [-0.2, 0) is 4.79 Å². The maximum atomic E-state index is 11.9. The Balaban J connectivity index is 1.61. The highest BCUT2D eigenvalue weighted by Crippen LogP contribution is 2.26. The van der Waals surface area contributed by atoms with E-state index in [1.165, 1.54) is 11.3 Å². The van der Waals surface area contributed by atoms with Gasteiger partial charge in [0.05, 0.1) is 5.69 Å². The second-order valence-electron chi connectivity index (χ2n) is 4.80. The first kappa shape index (κ1) is 15.1. The lowest BCUT2D eigenvalue weighted by atomic mass is 10.2. The van der Waals surface area contributed by atoms with E-state index in [0.717, 1.165) is 16.9 Å². The molecular formula is C17H15N3O2S. The number of carbonyl (C=O) groups is 1. The molecule has 0 saturated carbocycles. The molecule has 0 unspecified atom stereocenters. The van der Waals surface area contributed by atoms with Gasteiger partial charge in [-0.1, -0.05) is 30.3 Å². The van der Waals surface area contributed by atoms with Crippen LogP contribution in [0.3, 0.4) is 0 Å². The molecule has 0 atom stereocenters. The van der Waals surface area contributed by atoms with Crippen molar-refractivity contribution in [3.05, 3.63) is 60.0 Å². The minimum Gasteiger partial charge on any atom is -0.484 e. The standard InChI is InChI=1S/C17H15N3O2S/c18-17-20-15(11-23-17)12-5-4-8-14(9-12)22-10-16(21)19-13-6-2-1-3-7-13/h1-9,11H,10H2,(H2,18,20)(H,19,21). The predicted octanol–water partition coefficient (Wildman–Crippen LogP) is 3.41. The quantitative estimate of drug-likeness (QED) is 0.753. The van der Waals surface area contributed by atoms with Gasteiger partial charge in [-0.2, -0.15) is 0 Å². The third-order valence-corrected chi connectivity index (χ3v) is 3.75. The summed E-state index contributed by atoms with van der Waals surface area (Å²) in [4.78, 5) is 16.1. The molecule has 0 aliphatic rings. The largest absolute Gasteiger partial charge is 0.484 e. The summed E-state index contributed by atoms with van der Waals surface area (Å²) in [6, 6.07) is 16.7. The molecule has 0 spiro atoms. The minimum atomic E-state index is -0.209. The SMILES string of the molecule is Nc1nc(-c2cccc(OCC(=O)Nc3ccccc3)c2)cs1. The summed E-state index contributed by atoms with van der Waals surface area (Å²) in [5.41, 5.74) is 8.09. The van der Waals surface area contributed by atoms with Gasteiger partial charge >= 0.3 is 0 Å². The number of para-hydroxylation sites is 1. The molecule has 1 amide bonds. The Kier molecular flexibility index (Phi) is 4.54. The first-order valence-electron chi connectivity index (χ1n) is 7.00. The summed E-state index contributed by atoms with van der Waals surface area (Å²) >= 11 is 1.39. The molecule has 5 nitrogen and oxygen atoms in total. The maximum Gasteiger partial charge on any atom is 0.262 e. The fourth-order valence-electron chi connectivity index (χ4n) is 2.03. The molecule has 3 rings (SSSR count). The fourth-order valence-corrected chi connectivity index (χ4v) is 2.61. The number of nitrogen functional groups attached to an aromatic ring is 1. The lowest BCUT2D eigenvalue weighted by molar-refractivity contribution is -0.118. The first-order chi connectivity index (χ1) is 11.2. The third-order valence-electron chi connectivity index (χ3n) is 3.08. The highest BCUT2D eigenvalue weighted by molar-refractivity contribution is 7.13. The summed E-state index contributed by atoms with van der Waals surface area (Å²) in [7, 11) is 0. The van der Waals surface area contributed by atoms with Gasteiger partial charge in [0, 0.05) is 16.6 Å². The molecule has 1 aromatic heterocycles. The van der Waals surface area contributed by atoms with E-state index in [1.807, 2.05) is 53.9 Å². The predicted molar refractivity (Wildman–Crippen MR) is 92.5 cm³/mol. The molecule has 3 aromatic rings. The molecule has 0 aliphatic heterocycles. The molecule has 23 heavy (non-hydrogen) atoms. The van der Waals surface area contributed by atoms with Crippen molar-refractivity contribution in [1.82, 2.24) is 4.98 Å². The number of nitrogens with two attached hydrogens (primary N) is 1. The average Bonchev–Trinajstić information content (AvgIpc) is 3.01. The number of nitrogens with one attached hydrogen (secondary N) is 1. The number of hydrogen-bond acceptors (Lipinski definition) is 5. The van der Waals surface area contributed by atoms with Gasteiger partial charge in [-0.15, -0.1) is 11.3 Å². The van der Waals surface area contributed by atoms with Gasteiger partial charge in [0.15, 0.2) is 11.7 Å². The number of rotatable bonds is 5. The van der Waals surface area contributed by atoms with Crippen LogP contribution in [-0.4, -0.2) is 17.5 Å². The normalized spacial score (nSPS) is 10.3. The van der Waals surface area contributed by atoms with Crippen LogP contribution in [0.2, 0.25) is 0 Å². The van der Waals surface area contributed by atoms with Crippen molar-refractivity contribution in [2.24, 2.45) is 0 Å². The van der Waals surface area contributed by atoms with E-state index in [-0.39, 0.29) is 12.5 Å². The zero-order chi connectivity index (χ0) is 16.1. The molecule has 6 heteroatoms. The molecule has 0 radical (unpaired) electrons. The highest BCUT2D eigenvalue weighted by Gasteiger charge is 2.06. The molecule has 0 bridgehead atoms. The van der Waals surface area contributed by atoms with E-state index in [9.17, 15) is 4.79 Å². The van der Waals surface area contributed by atoms with E-state index >= 15 is 0 Å². The molecule has 1 heterocycles. The van der Waals surface area contributed by atoms with Crippen molar-refractivity contribution >= 4 is 28.1 Å². The lowest BCUT2D eigenvalue weighted by Gasteiger charge is -2.08. The number of anilines is 2. The summed E-state index contributed by atoms with van der Waals surface area (Å²) in [5, 5.41) is 5.18. The summed E-state index contributed by atoms with van der Waals surface area (Å²) in [6.07, 6.45) is 0. The number of nitrogens with zero attached hydrogens (tertiary/aromatic N) is 1. The topological polar surface area (TPSA) is 77.2 Å². The Hall–Kier alpha value is -2.86. The zero-order valence-electron chi connectivity index (χ0n) is 12.2. The van der Waals surface area contributed by atoms with E-state index < -0.39 is 0 Å². The highest BCUT2D eigenvalue weighted by atomic mass is 32.1. The number of carbonyl (C=O) groups excluding carboxylic acids is 1. The molecular weight excluding hydrogens is 310 g/mol. The maximum absolute atomic E-state index is 11.9. The Bertz CT molecular complexity index is 802. The van der Waals surface area contributed by atoms with E-state index in [0.29, 0.717) is 10.9 Å². The van der Waals surface area contributed by atoms with E-state index in [2.05, 4.69) is 10.3 Å². The van der Waals surface area contributed by atoms with E-state index in [1.54, 1.807) is 6.07 Å². The molecule has 0 saturated heterocycles. The van der Waals surface area contributed by atoms with Crippen LogP contribution in [0.15, 0.2) is 60.0 Å². The number of ether oxygens (including phenoxy) is 1. The van der Waals surface area contributed by atoms with Crippen molar-refractivity contribution < 1.29 is 9.53 Å². The van der Waals surface area contributed by atoms with Crippen molar-refractivity contribution in [1.29, 1.82) is 0 Å². The van der Waals surface area contributed by atoms with Crippen LogP contribution in [0, 0.1) is 0 Å². The van der Waals surface area contributed by atoms with Gasteiger partial charge < -0.3 is 15.8 Å². The van der Waals surface area contributed by atoms with Crippen molar-refractivity contribution in [2.75, 3.05) is 17.7 Å². The van der Waals surface area contributed by atoms with Crippen molar-refractivity contribution in [2.45, 2.75) is 0 Å². The number of thiazole rings is 1. The number of hydrogen-bond donors (Lipinski definition) is 2. The van der Waals surface area contributed by atoms with Crippen LogP contribution < -0.4 is 15.8 Å². The Labute approximate surface area is 137 Å². The zero-order valence-corrected chi connectivity index (χ0v) is 13.0. The third kappa shape index (κ3) is 4.08. The Morgan fingerprint density at radius 2 is 2.00 bits per heavy atom. The smallest absolute Gasteiger partial charge is 0.262 e. The number of benzene rings is 2. The second-order valence-corrected chi connectivity index (χ2v) is 5.69. The van der Waals surface area contributed by atoms with Gasteiger partial charge in [-0.05, 0) is 24.3 Å². The van der Waals surface area contributed by atoms with Gasteiger partial charge in [-0.25, -0.2) is 4.98 Å². The van der Waals surface area contributed by atoms with Gasteiger partial charge in [-0.3, -0.25) is 4.79 Å². The van der Waals surface area contributed by atoms with Crippen molar-refractivity contribution in [3.8, 4) is 17.0 Å². The molecule has 2 aromatic carbocycles. The van der Waals surface area contributed by atoms with Crippen LogP contribution in [0.4, 0.5) is 10.8 Å². The monoisotopic (exact) mass is 325 g/mol. The molecule has 3 N–H and O–H groups in total. The second kappa shape index (κ2) is 6.93. The Morgan fingerprint density at radius 3 is 2.74 bits per heavy atom. The van der Waals surface area contributed by atoms with Crippen LogP contribution in [0.5, 0.6) is 5.75 Å². The molecule has 0 aliphatic carbocycles. The van der Waals surface area contributed by atoms with Crippen molar-refractivity contribution in [3.63, 3.8) is 0 Å². The van der Waals surface area contributed by atoms with Crippen LogP contribution in [0.1, 0.15) is 0 Å². The summed E-state index contributed by atoms with van der Waals surface area (Å²) < 4.78 is 5.54. The van der Waals surface area contributed by atoms with Crippen LogP contribution >= 0.6 is 11.3 Å². The molecule has 116 valence electrons. The first-order valence-corrected chi connectivity index (χ1v) is 7.88. The van der Waals surface area contributed by atoms with Gasteiger partial charge in [0.2, 0.25) is 0 Å². The lowest BCUT2D eigenvalue weighted by Crippen LogP contribution is -2.20. The van der Waals surface area contributed by atoms with Crippen LogP contribution in [0.25, 0.3) is 11.3 Å². The van der Waals surface area contributed by atoms with Gasteiger partial charge in [0.1, 0.15) is 5.75 Å². The fraction of sp³-hybridized carbons (Fsp3) is 0.0588. The number of aromatic nitrogens is 1. The Morgan fingerprint density at radius 1 is 1.17 bits per heavy atom. The summed E-state index contributed by atoms with van der Waals surface area (Å²) in [6.45, 7) is -0.0580. The summed E-state index contributed by atoms with van der Waals surface area (Å²) in [5.74, 6) is 0.400.